The van der Waals surface area contributed by atoms with Crippen LogP contribution in [-0.4, -0.2) is 38.7 Å². The van der Waals surface area contributed by atoms with Gasteiger partial charge in [-0.2, -0.15) is 0 Å². The summed E-state index contributed by atoms with van der Waals surface area (Å²) in [6.45, 7) is 4.69. The van der Waals surface area contributed by atoms with Gasteiger partial charge in [-0.05, 0) is 38.1 Å². The maximum absolute atomic E-state index is 5.34. The number of aliphatic imine (C=N–C) groups is 2. The summed E-state index contributed by atoms with van der Waals surface area (Å²) in [7, 11) is 3.32. The average molecular weight is 324 g/mol. The van der Waals surface area contributed by atoms with Crippen molar-refractivity contribution in [3.05, 3.63) is 59.7 Å². The Morgan fingerprint density at radius 3 is 1.88 bits per heavy atom. The van der Waals surface area contributed by atoms with E-state index in [2.05, 4.69) is 23.8 Å². The Hall–Kier alpha value is -2.62. The van der Waals surface area contributed by atoms with E-state index in [0.29, 0.717) is 6.54 Å². The molecule has 2 aromatic carbocycles. The van der Waals surface area contributed by atoms with Crippen LogP contribution in [0.15, 0.2) is 58.5 Å². The van der Waals surface area contributed by atoms with Crippen LogP contribution in [0.5, 0.6) is 11.5 Å². The maximum Gasteiger partial charge on any atom is 0.127 e. The Labute approximate surface area is 143 Å². The van der Waals surface area contributed by atoms with Crippen molar-refractivity contribution in [1.82, 2.24) is 0 Å². The largest absolute Gasteiger partial charge is 0.496 e. The highest BCUT2D eigenvalue weighted by molar-refractivity contribution is 5.84. The molecule has 0 saturated carbocycles. The molecule has 0 amide bonds. The topological polar surface area (TPSA) is 43.2 Å². The number of ether oxygens (including phenoxy) is 2. The molecule has 0 bridgehead atoms. The molecule has 0 unspecified atom stereocenters. The Kier molecular flexibility index (Phi) is 6.13. The van der Waals surface area contributed by atoms with E-state index in [1.54, 1.807) is 14.2 Å². The van der Waals surface area contributed by atoms with Crippen molar-refractivity contribution < 1.29 is 9.47 Å². The van der Waals surface area contributed by atoms with Gasteiger partial charge >= 0.3 is 0 Å². The molecule has 0 fully saturated rings. The second kappa shape index (κ2) is 8.29. The van der Waals surface area contributed by atoms with Crippen LogP contribution in [0.2, 0.25) is 0 Å². The Balaban J connectivity index is 2.05. The fourth-order valence-corrected chi connectivity index (χ4v) is 2.20. The van der Waals surface area contributed by atoms with Crippen molar-refractivity contribution in [2.75, 3.05) is 20.8 Å². The van der Waals surface area contributed by atoms with E-state index < -0.39 is 0 Å². The van der Waals surface area contributed by atoms with E-state index in [0.717, 1.165) is 22.6 Å². The van der Waals surface area contributed by atoms with Crippen molar-refractivity contribution >= 4 is 12.4 Å². The lowest BCUT2D eigenvalue weighted by molar-refractivity contribution is 0.414. The van der Waals surface area contributed by atoms with Gasteiger partial charge in [0, 0.05) is 23.6 Å². The van der Waals surface area contributed by atoms with Gasteiger partial charge in [-0.1, -0.05) is 24.3 Å². The number of hydrogen-bond acceptors (Lipinski definition) is 4. The summed E-state index contributed by atoms with van der Waals surface area (Å²) in [6, 6.07) is 15.6. The third-order valence-corrected chi connectivity index (χ3v) is 3.54. The minimum absolute atomic E-state index is 0.306. The smallest absolute Gasteiger partial charge is 0.127 e. The van der Waals surface area contributed by atoms with E-state index in [1.807, 2.05) is 61.0 Å². The van der Waals surface area contributed by atoms with E-state index in [9.17, 15) is 0 Å². The van der Waals surface area contributed by atoms with Gasteiger partial charge in [-0.3, -0.25) is 9.98 Å². The predicted molar refractivity (Wildman–Crippen MR) is 100 cm³/mol. The predicted octanol–water partition coefficient (Wildman–Crippen LogP) is 4.02. The number of para-hydroxylation sites is 2. The normalized spacial score (nSPS) is 12.0. The molecule has 0 saturated heterocycles. The summed E-state index contributed by atoms with van der Waals surface area (Å²) in [6.07, 6.45) is 3.68. The first kappa shape index (κ1) is 17.7. The quantitative estimate of drug-likeness (QED) is 0.722. The van der Waals surface area contributed by atoms with Crippen LogP contribution in [0.1, 0.15) is 25.0 Å². The zero-order valence-corrected chi connectivity index (χ0v) is 14.7. The number of rotatable bonds is 7. The number of methoxy groups -OCH3 is 2. The van der Waals surface area contributed by atoms with Gasteiger partial charge in [0.2, 0.25) is 0 Å². The van der Waals surface area contributed by atoms with Gasteiger partial charge in [-0.15, -0.1) is 0 Å². The molecule has 0 aliphatic heterocycles. The molecule has 0 aliphatic rings. The molecule has 126 valence electrons. The van der Waals surface area contributed by atoms with Gasteiger partial charge < -0.3 is 9.47 Å². The monoisotopic (exact) mass is 324 g/mol. The van der Waals surface area contributed by atoms with E-state index in [-0.39, 0.29) is 5.54 Å². The maximum atomic E-state index is 5.34. The number of benzene rings is 2. The number of hydrogen-bond donors (Lipinski definition) is 0. The van der Waals surface area contributed by atoms with E-state index in [1.165, 1.54) is 0 Å². The molecule has 0 atom stereocenters. The lowest BCUT2D eigenvalue weighted by Gasteiger charge is -2.17. The third-order valence-electron chi connectivity index (χ3n) is 3.54. The van der Waals surface area contributed by atoms with Crippen LogP contribution >= 0.6 is 0 Å². The molecular formula is C20H24N2O2. The van der Waals surface area contributed by atoms with Gasteiger partial charge in [-0.25, -0.2) is 0 Å². The molecule has 24 heavy (non-hydrogen) atoms. The second-order valence-electron chi connectivity index (χ2n) is 6.02. The first-order valence-electron chi connectivity index (χ1n) is 7.87. The summed E-state index contributed by atoms with van der Waals surface area (Å²) in [5, 5.41) is 0. The minimum Gasteiger partial charge on any atom is -0.496 e. The van der Waals surface area contributed by atoms with Crippen LogP contribution in [0.4, 0.5) is 0 Å². The SMILES string of the molecule is COc1ccccc1/C=N/CC(C)(C)/N=C/c1ccccc1OC. The van der Waals surface area contributed by atoms with Gasteiger partial charge in [0.25, 0.3) is 0 Å². The zero-order valence-electron chi connectivity index (χ0n) is 14.7. The molecule has 0 radical (unpaired) electrons. The van der Waals surface area contributed by atoms with Crippen LogP contribution < -0.4 is 9.47 Å². The molecular weight excluding hydrogens is 300 g/mol. The van der Waals surface area contributed by atoms with Gasteiger partial charge in [0.05, 0.1) is 26.3 Å². The zero-order chi connectivity index (χ0) is 17.4. The Bertz CT molecular complexity index is 721. The van der Waals surface area contributed by atoms with Crippen molar-refractivity contribution in [3.63, 3.8) is 0 Å². The molecule has 4 heteroatoms. The van der Waals surface area contributed by atoms with Crippen molar-refractivity contribution in [3.8, 4) is 11.5 Å². The lowest BCUT2D eigenvalue weighted by Crippen LogP contribution is -2.21. The van der Waals surface area contributed by atoms with Gasteiger partial charge in [0.1, 0.15) is 11.5 Å². The molecule has 0 aromatic heterocycles. The highest BCUT2D eigenvalue weighted by atomic mass is 16.5. The molecule has 0 aliphatic carbocycles. The minimum atomic E-state index is -0.306. The van der Waals surface area contributed by atoms with Crippen LogP contribution in [0, 0.1) is 0 Å². The second-order valence-corrected chi connectivity index (χ2v) is 6.02. The third kappa shape index (κ3) is 4.95. The first-order valence-corrected chi connectivity index (χ1v) is 7.87. The van der Waals surface area contributed by atoms with E-state index >= 15 is 0 Å². The van der Waals surface area contributed by atoms with E-state index in [4.69, 9.17) is 9.47 Å². The Morgan fingerprint density at radius 2 is 1.33 bits per heavy atom. The van der Waals surface area contributed by atoms with Crippen LogP contribution in [-0.2, 0) is 0 Å². The summed E-state index contributed by atoms with van der Waals surface area (Å²) in [5.41, 5.74) is 1.62. The Morgan fingerprint density at radius 1 is 0.833 bits per heavy atom. The fraction of sp³-hybridized carbons (Fsp3) is 0.300. The molecule has 2 rings (SSSR count). The average Bonchev–Trinajstić information content (AvgIpc) is 2.60. The highest BCUT2D eigenvalue weighted by Gasteiger charge is 2.14. The van der Waals surface area contributed by atoms with Gasteiger partial charge in [0.15, 0.2) is 0 Å². The molecule has 4 nitrogen and oxygen atoms in total. The summed E-state index contributed by atoms with van der Waals surface area (Å²) >= 11 is 0. The van der Waals surface area contributed by atoms with Crippen LogP contribution in [0.25, 0.3) is 0 Å². The highest BCUT2D eigenvalue weighted by Crippen LogP contribution is 2.18. The molecule has 0 spiro atoms. The first-order chi connectivity index (χ1) is 11.6. The van der Waals surface area contributed by atoms with Crippen LogP contribution in [0.3, 0.4) is 0 Å². The summed E-state index contributed by atoms with van der Waals surface area (Å²) in [4.78, 5) is 9.19. The lowest BCUT2D eigenvalue weighted by atomic mass is 10.1. The molecule has 0 heterocycles. The summed E-state index contributed by atoms with van der Waals surface area (Å²) < 4.78 is 10.7. The molecule has 0 N–H and O–H groups in total. The van der Waals surface area contributed by atoms with Crippen molar-refractivity contribution in [2.45, 2.75) is 19.4 Å². The van der Waals surface area contributed by atoms with Crippen molar-refractivity contribution in [2.24, 2.45) is 9.98 Å². The fourth-order valence-electron chi connectivity index (χ4n) is 2.20. The number of nitrogens with zero attached hydrogens (tertiary/aromatic N) is 2. The standard InChI is InChI=1S/C20H24N2O2/c1-20(2,22-14-17-10-6-8-12-19(17)24-4)15-21-13-16-9-5-7-11-18(16)23-3/h5-14H,15H2,1-4H3/b21-13+,22-14+. The molecule has 2 aromatic rings. The van der Waals surface area contributed by atoms with Crippen molar-refractivity contribution in [1.29, 1.82) is 0 Å². The summed E-state index contributed by atoms with van der Waals surface area (Å²) in [5.74, 6) is 1.63.